The maximum Gasteiger partial charge on any atom is 0.326 e. The van der Waals surface area contributed by atoms with E-state index in [4.69, 9.17) is 5.11 Å². The zero-order valence-corrected chi connectivity index (χ0v) is 10.4. The molecule has 1 fully saturated rings. The summed E-state index contributed by atoms with van der Waals surface area (Å²) in [6.45, 7) is 3.95. The van der Waals surface area contributed by atoms with Gasteiger partial charge in [0.2, 0.25) is 0 Å². The van der Waals surface area contributed by atoms with E-state index in [0.29, 0.717) is 36.5 Å². The van der Waals surface area contributed by atoms with Crippen molar-refractivity contribution in [2.45, 2.75) is 32.7 Å². The molecule has 1 amide bonds. The molecular formula is C12H15N3O3. The van der Waals surface area contributed by atoms with Crippen LogP contribution in [0.2, 0.25) is 0 Å². The second-order valence-corrected chi connectivity index (χ2v) is 4.41. The molecule has 1 saturated heterocycles. The molecule has 0 aliphatic carbocycles. The Morgan fingerprint density at radius 2 is 2.17 bits per heavy atom. The average molecular weight is 249 g/mol. The van der Waals surface area contributed by atoms with Crippen molar-refractivity contribution in [3.05, 3.63) is 23.3 Å². The first-order chi connectivity index (χ1) is 8.50. The highest BCUT2D eigenvalue weighted by Gasteiger charge is 2.35. The predicted octanol–water partition coefficient (Wildman–Crippen LogP) is 0.783. The summed E-state index contributed by atoms with van der Waals surface area (Å²) in [5.74, 6) is -0.649. The molecule has 1 aromatic heterocycles. The standard InChI is InChI=1S/C12H15N3O3/c1-7-9(6-13-8(2)14-7)11(16)15-5-3-4-10(15)12(17)18/h6,10H,3-5H2,1-2H3,(H,17,18). The normalized spacial score (nSPS) is 19.0. The number of carboxylic acid groups (broad SMARTS) is 1. The Hall–Kier alpha value is -1.98. The fourth-order valence-electron chi connectivity index (χ4n) is 2.21. The van der Waals surface area contributed by atoms with Crippen molar-refractivity contribution >= 4 is 11.9 Å². The fourth-order valence-corrected chi connectivity index (χ4v) is 2.21. The first-order valence-electron chi connectivity index (χ1n) is 5.84. The number of carboxylic acids is 1. The highest BCUT2D eigenvalue weighted by Crippen LogP contribution is 2.20. The highest BCUT2D eigenvalue weighted by molar-refractivity contribution is 5.97. The molecule has 0 aromatic carbocycles. The minimum Gasteiger partial charge on any atom is -0.480 e. The van der Waals surface area contributed by atoms with E-state index in [0.717, 1.165) is 0 Å². The zero-order chi connectivity index (χ0) is 13.3. The average Bonchev–Trinajstić information content (AvgIpc) is 2.77. The summed E-state index contributed by atoms with van der Waals surface area (Å²) in [7, 11) is 0. The smallest absolute Gasteiger partial charge is 0.326 e. The molecule has 1 atom stereocenters. The van der Waals surface area contributed by atoms with E-state index in [1.54, 1.807) is 13.8 Å². The summed E-state index contributed by atoms with van der Waals surface area (Å²) in [6.07, 6.45) is 2.69. The van der Waals surface area contributed by atoms with Crippen LogP contribution in [0.4, 0.5) is 0 Å². The van der Waals surface area contributed by atoms with Gasteiger partial charge < -0.3 is 10.0 Å². The maximum absolute atomic E-state index is 12.3. The number of amides is 1. The van der Waals surface area contributed by atoms with Crippen LogP contribution in [0.1, 0.15) is 34.7 Å². The summed E-state index contributed by atoms with van der Waals surface area (Å²) >= 11 is 0. The van der Waals surface area contributed by atoms with Crippen molar-refractivity contribution in [2.75, 3.05) is 6.54 Å². The lowest BCUT2D eigenvalue weighted by Gasteiger charge is -2.21. The van der Waals surface area contributed by atoms with E-state index >= 15 is 0 Å². The van der Waals surface area contributed by atoms with Crippen molar-refractivity contribution in [1.29, 1.82) is 0 Å². The van der Waals surface area contributed by atoms with E-state index in [1.165, 1.54) is 11.1 Å². The number of likely N-dealkylation sites (tertiary alicyclic amines) is 1. The molecule has 6 nitrogen and oxygen atoms in total. The van der Waals surface area contributed by atoms with Gasteiger partial charge >= 0.3 is 5.97 Å². The van der Waals surface area contributed by atoms with Gasteiger partial charge in [0.05, 0.1) is 11.3 Å². The SMILES string of the molecule is Cc1ncc(C(=O)N2CCCC2C(=O)O)c(C)n1. The van der Waals surface area contributed by atoms with Crippen LogP contribution in [-0.2, 0) is 4.79 Å². The van der Waals surface area contributed by atoms with Crippen molar-refractivity contribution in [2.24, 2.45) is 0 Å². The van der Waals surface area contributed by atoms with E-state index in [1.807, 2.05) is 0 Å². The van der Waals surface area contributed by atoms with Gasteiger partial charge in [0, 0.05) is 12.7 Å². The first-order valence-corrected chi connectivity index (χ1v) is 5.84. The molecule has 1 aromatic rings. The van der Waals surface area contributed by atoms with Gasteiger partial charge in [-0.3, -0.25) is 4.79 Å². The molecule has 0 saturated carbocycles. The first kappa shape index (κ1) is 12.5. The van der Waals surface area contributed by atoms with E-state index in [9.17, 15) is 9.59 Å². The Morgan fingerprint density at radius 1 is 1.44 bits per heavy atom. The summed E-state index contributed by atoms with van der Waals surface area (Å²) in [6, 6.07) is -0.724. The molecule has 6 heteroatoms. The van der Waals surface area contributed by atoms with E-state index in [-0.39, 0.29) is 5.91 Å². The third-order valence-corrected chi connectivity index (χ3v) is 3.13. The summed E-state index contributed by atoms with van der Waals surface area (Å²) in [5.41, 5.74) is 0.970. The molecular weight excluding hydrogens is 234 g/mol. The monoisotopic (exact) mass is 249 g/mol. The zero-order valence-electron chi connectivity index (χ0n) is 10.4. The van der Waals surface area contributed by atoms with Crippen LogP contribution in [0.15, 0.2) is 6.20 Å². The van der Waals surface area contributed by atoms with Gasteiger partial charge in [0.15, 0.2) is 0 Å². The van der Waals surface area contributed by atoms with Crippen LogP contribution in [0.5, 0.6) is 0 Å². The second-order valence-electron chi connectivity index (χ2n) is 4.41. The van der Waals surface area contributed by atoms with Crippen molar-refractivity contribution in [3.8, 4) is 0 Å². The lowest BCUT2D eigenvalue weighted by molar-refractivity contribution is -0.141. The maximum atomic E-state index is 12.3. The minimum atomic E-state index is -0.952. The Bertz CT molecular complexity index is 501. The lowest BCUT2D eigenvalue weighted by Crippen LogP contribution is -2.40. The van der Waals surface area contributed by atoms with Gasteiger partial charge in [0.1, 0.15) is 11.9 Å². The van der Waals surface area contributed by atoms with Crippen molar-refractivity contribution in [1.82, 2.24) is 14.9 Å². The topological polar surface area (TPSA) is 83.4 Å². The predicted molar refractivity (Wildman–Crippen MR) is 63.2 cm³/mol. The van der Waals surface area contributed by atoms with Gasteiger partial charge in [-0.25, -0.2) is 14.8 Å². The number of hydrogen-bond donors (Lipinski definition) is 1. The summed E-state index contributed by atoms with van der Waals surface area (Å²) in [4.78, 5) is 32.9. The van der Waals surface area contributed by atoms with Crippen LogP contribution in [0, 0.1) is 13.8 Å². The van der Waals surface area contributed by atoms with Crippen LogP contribution in [-0.4, -0.2) is 44.4 Å². The molecule has 18 heavy (non-hydrogen) atoms. The number of aryl methyl sites for hydroxylation is 2. The highest BCUT2D eigenvalue weighted by atomic mass is 16.4. The largest absolute Gasteiger partial charge is 0.480 e. The quantitative estimate of drug-likeness (QED) is 0.837. The van der Waals surface area contributed by atoms with Crippen LogP contribution in [0.25, 0.3) is 0 Å². The summed E-state index contributed by atoms with van der Waals surface area (Å²) < 4.78 is 0. The molecule has 1 aliphatic rings. The molecule has 0 bridgehead atoms. The van der Waals surface area contributed by atoms with Crippen LogP contribution in [0.3, 0.4) is 0 Å². The number of nitrogens with zero attached hydrogens (tertiary/aromatic N) is 3. The van der Waals surface area contributed by atoms with Crippen LogP contribution < -0.4 is 0 Å². The molecule has 0 radical (unpaired) electrons. The fraction of sp³-hybridized carbons (Fsp3) is 0.500. The number of rotatable bonds is 2. The molecule has 0 spiro atoms. The van der Waals surface area contributed by atoms with Gasteiger partial charge in [-0.05, 0) is 26.7 Å². The third kappa shape index (κ3) is 2.18. The van der Waals surface area contributed by atoms with E-state index in [2.05, 4.69) is 9.97 Å². The van der Waals surface area contributed by atoms with Crippen molar-refractivity contribution in [3.63, 3.8) is 0 Å². The second kappa shape index (κ2) is 4.72. The molecule has 1 N–H and O–H groups in total. The van der Waals surface area contributed by atoms with Gasteiger partial charge in [-0.15, -0.1) is 0 Å². The number of hydrogen-bond acceptors (Lipinski definition) is 4. The third-order valence-electron chi connectivity index (χ3n) is 3.13. The molecule has 1 unspecified atom stereocenters. The number of carbonyl (C=O) groups is 2. The Kier molecular flexibility index (Phi) is 3.27. The molecule has 1 aliphatic heterocycles. The number of carbonyl (C=O) groups excluding carboxylic acids is 1. The van der Waals surface area contributed by atoms with Crippen LogP contribution >= 0.6 is 0 Å². The molecule has 2 rings (SSSR count). The number of aromatic nitrogens is 2. The minimum absolute atomic E-state index is 0.294. The Morgan fingerprint density at radius 3 is 2.78 bits per heavy atom. The Balaban J connectivity index is 2.28. The van der Waals surface area contributed by atoms with Gasteiger partial charge in [0.25, 0.3) is 5.91 Å². The number of aliphatic carboxylic acids is 1. The summed E-state index contributed by atoms with van der Waals surface area (Å²) in [5, 5.41) is 9.07. The van der Waals surface area contributed by atoms with E-state index < -0.39 is 12.0 Å². The lowest BCUT2D eigenvalue weighted by atomic mass is 10.2. The Labute approximate surface area is 105 Å². The molecule has 2 heterocycles. The van der Waals surface area contributed by atoms with Gasteiger partial charge in [-0.1, -0.05) is 0 Å². The molecule has 96 valence electrons. The van der Waals surface area contributed by atoms with Gasteiger partial charge in [-0.2, -0.15) is 0 Å². The van der Waals surface area contributed by atoms with Crippen molar-refractivity contribution < 1.29 is 14.7 Å².